The minimum absolute atomic E-state index is 0.0938. The van der Waals surface area contributed by atoms with Crippen LogP contribution in [-0.4, -0.2) is 17.0 Å². The number of benzene rings is 1. The van der Waals surface area contributed by atoms with Crippen LogP contribution in [0.1, 0.15) is 44.5 Å². The largest absolute Gasteiger partial charge is 0.478 e. The van der Waals surface area contributed by atoms with Crippen molar-refractivity contribution in [3.05, 3.63) is 29.8 Å². The molecule has 0 spiro atoms. The third kappa shape index (κ3) is 4.39. The van der Waals surface area contributed by atoms with Crippen LogP contribution in [0.15, 0.2) is 24.3 Å². The van der Waals surface area contributed by atoms with Gasteiger partial charge in [0.25, 0.3) is 0 Å². The number of amides is 1. The van der Waals surface area contributed by atoms with Crippen LogP contribution >= 0.6 is 0 Å². The molecule has 0 atom stereocenters. The van der Waals surface area contributed by atoms with Crippen molar-refractivity contribution in [2.24, 2.45) is 11.3 Å². The fraction of sp³-hybridized carbons (Fsp3) is 0.467. The summed E-state index contributed by atoms with van der Waals surface area (Å²) in [5, 5.41) is 11.7. The number of carboxylic acids is 1. The molecule has 19 heavy (non-hydrogen) atoms. The van der Waals surface area contributed by atoms with Crippen molar-refractivity contribution in [3.63, 3.8) is 0 Å². The van der Waals surface area contributed by atoms with Crippen LogP contribution in [0.5, 0.6) is 0 Å². The highest BCUT2D eigenvalue weighted by Gasteiger charge is 2.28. The van der Waals surface area contributed by atoms with E-state index in [1.807, 2.05) is 13.8 Å². The zero-order valence-electron chi connectivity index (χ0n) is 11.9. The molecule has 0 fully saturated rings. The van der Waals surface area contributed by atoms with E-state index in [9.17, 15) is 9.59 Å². The number of anilines is 1. The van der Waals surface area contributed by atoms with Crippen LogP contribution in [0, 0.1) is 11.3 Å². The van der Waals surface area contributed by atoms with E-state index in [0.29, 0.717) is 11.6 Å². The number of carbonyl (C=O) groups is 2. The molecular formula is C15H21NO3. The minimum atomic E-state index is -1.00. The first-order valence-corrected chi connectivity index (χ1v) is 6.37. The first-order chi connectivity index (χ1) is 8.72. The molecule has 1 aromatic carbocycles. The molecule has 0 saturated heterocycles. The van der Waals surface area contributed by atoms with E-state index in [0.717, 1.165) is 6.42 Å². The van der Waals surface area contributed by atoms with Crippen molar-refractivity contribution in [1.82, 2.24) is 0 Å². The zero-order chi connectivity index (χ0) is 14.6. The van der Waals surface area contributed by atoms with E-state index in [2.05, 4.69) is 19.2 Å². The van der Waals surface area contributed by atoms with Gasteiger partial charge in [-0.15, -0.1) is 0 Å². The quantitative estimate of drug-likeness (QED) is 0.855. The highest BCUT2D eigenvalue weighted by atomic mass is 16.4. The maximum atomic E-state index is 12.2. The van der Waals surface area contributed by atoms with Crippen LogP contribution in [0.3, 0.4) is 0 Å². The lowest BCUT2D eigenvalue weighted by Crippen LogP contribution is -2.32. The first kappa shape index (κ1) is 15.2. The molecule has 0 saturated carbocycles. The molecule has 1 aromatic rings. The Kier molecular flexibility index (Phi) is 4.70. The highest BCUT2D eigenvalue weighted by Crippen LogP contribution is 2.27. The molecule has 0 radical (unpaired) electrons. The summed E-state index contributed by atoms with van der Waals surface area (Å²) < 4.78 is 0. The van der Waals surface area contributed by atoms with Gasteiger partial charge in [0.05, 0.1) is 5.56 Å². The molecule has 0 bridgehead atoms. The fourth-order valence-electron chi connectivity index (χ4n) is 2.14. The molecule has 4 heteroatoms. The summed E-state index contributed by atoms with van der Waals surface area (Å²) in [6, 6.07) is 6.27. The van der Waals surface area contributed by atoms with Crippen molar-refractivity contribution < 1.29 is 14.7 Å². The van der Waals surface area contributed by atoms with Crippen molar-refractivity contribution >= 4 is 17.6 Å². The number of hydrogen-bond donors (Lipinski definition) is 2. The topological polar surface area (TPSA) is 66.4 Å². The third-order valence-electron chi connectivity index (χ3n) is 2.90. The number of carboxylic acid groups (broad SMARTS) is 1. The van der Waals surface area contributed by atoms with Crippen LogP contribution < -0.4 is 5.32 Å². The summed E-state index contributed by atoms with van der Waals surface area (Å²) >= 11 is 0. The molecular weight excluding hydrogens is 242 g/mol. The summed E-state index contributed by atoms with van der Waals surface area (Å²) in [7, 11) is 0. The van der Waals surface area contributed by atoms with Gasteiger partial charge in [-0.3, -0.25) is 4.79 Å². The van der Waals surface area contributed by atoms with Crippen LogP contribution in [0.25, 0.3) is 0 Å². The van der Waals surface area contributed by atoms with Crippen molar-refractivity contribution in [3.8, 4) is 0 Å². The molecule has 0 heterocycles. The predicted molar refractivity (Wildman–Crippen MR) is 75.3 cm³/mol. The maximum absolute atomic E-state index is 12.2. The van der Waals surface area contributed by atoms with Gasteiger partial charge in [0.1, 0.15) is 0 Å². The predicted octanol–water partition coefficient (Wildman–Crippen LogP) is 3.40. The number of rotatable bonds is 5. The Morgan fingerprint density at radius 3 is 2.47 bits per heavy atom. The average molecular weight is 263 g/mol. The average Bonchev–Trinajstić information content (AvgIpc) is 2.27. The second kappa shape index (κ2) is 5.87. The summed E-state index contributed by atoms with van der Waals surface area (Å²) in [6.07, 6.45) is 0.775. The molecule has 0 unspecified atom stereocenters. The SMILES string of the molecule is CC(C)CC(C)(C)C(=O)Nc1cccc(C(=O)O)c1. The van der Waals surface area contributed by atoms with Crippen LogP contribution in [0.4, 0.5) is 5.69 Å². The summed E-state index contributed by atoms with van der Waals surface area (Å²) in [4.78, 5) is 23.1. The Labute approximate surface area is 113 Å². The fourth-order valence-corrected chi connectivity index (χ4v) is 2.14. The standard InChI is InChI=1S/C15H21NO3/c1-10(2)9-15(3,4)14(19)16-12-7-5-6-11(8-12)13(17)18/h5-8,10H,9H2,1-4H3,(H,16,19)(H,17,18). The van der Waals surface area contributed by atoms with E-state index in [1.165, 1.54) is 12.1 Å². The summed E-state index contributed by atoms with van der Waals surface area (Å²) in [5.41, 5.74) is 0.203. The van der Waals surface area contributed by atoms with E-state index in [1.54, 1.807) is 12.1 Å². The van der Waals surface area contributed by atoms with Gasteiger partial charge in [0, 0.05) is 11.1 Å². The maximum Gasteiger partial charge on any atom is 0.335 e. The van der Waals surface area contributed by atoms with Gasteiger partial charge in [0.15, 0.2) is 0 Å². The normalized spacial score (nSPS) is 11.4. The number of hydrogen-bond acceptors (Lipinski definition) is 2. The van der Waals surface area contributed by atoms with Gasteiger partial charge in [-0.25, -0.2) is 4.79 Å². The number of aromatic carboxylic acids is 1. The first-order valence-electron chi connectivity index (χ1n) is 6.37. The van der Waals surface area contributed by atoms with E-state index < -0.39 is 11.4 Å². The lowest BCUT2D eigenvalue weighted by Gasteiger charge is -2.25. The molecule has 0 aliphatic carbocycles. The molecule has 0 aliphatic heterocycles. The van der Waals surface area contributed by atoms with Crippen molar-refractivity contribution in [1.29, 1.82) is 0 Å². The molecule has 1 rings (SSSR count). The second-order valence-electron chi connectivity index (χ2n) is 5.82. The van der Waals surface area contributed by atoms with Crippen molar-refractivity contribution in [2.75, 3.05) is 5.32 Å². The lowest BCUT2D eigenvalue weighted by atomic mass is 9.83. The Bertz CT molecular complexity index is 478. The lowest BCUT2D eigenvalue weighted by molar-refractivity contribution is -0.124. The van der Waals surface area contributed by atoms with Crippen LogP contribution in [0.2, 0.25) is 0 Å². The molecule has 2 N–H and O–H groups in total. The van der Waals surface area contributed by atoms with E-state index >= 15 is 0 Å². The highest BCUT2D eigenvalue weighted by molar-refractivity contribution is 5.96. The minimum Gasteiger partial charge on any atom is -0.478 e. The Morgan fingerprint density at radius 1 is 1.32 bits per heavy atom. The Morgan fingerprint density at radius 2 is 1.95 bits per heavy atom. The molecule has 4 nitrogen and oxygen atoms in total. The van der Waals surface area contributed by atoms with E-state index in [4.69, 9.17) is 5.11 Å². The molecule has 104 valence electrons. The second-order valence-corrected chi connectivity index (χ2v) is 5.82. The number of carbonyl (C=O) groups excluding carboxylic acids is 1. The van der Waals surface area contributed by atoms with Gasteiger partial charge in [-0.2, -0.15) is 0 Å². The van der Waals surface area contributed by atoms with Gasteiger partial charge < -0.3 is 10.4 Å². The monoisotopic (exact) mass is 263 g/mol. The van der Waals surface area contributed by atoms with Crippen LogP contribution in [-0.2, 0) is 4.79 Å². The van der Waals surface area contributed by atoms with Crippen molar-refractivity contribution in [2.45, 2.75) is 34.1 Å². The van der Waals surface area contributed by atoms with Gasteiger partial charge in [0.2, 0.25) is 5.91 Å². The van der Waals surface area contributed by atoms with Gasteiger partial charge in [-0.05, 0) is 30.5 Å². The smallest absolute Gasteiger partial charge is 0.335 e. The Hall–Kier alpha value is -1.84. The molecule has 0 aromatic heterocycles. The van der Waals surface area contributed by atoms with Gasteiger partial charge >= 0.3 is 5.97 Å². The third-order valence-corrected chi connectivity index (χ3v) is 2.90. The van der Waals surface area contributed by atoms with Gasteiger partial charge in [-0.1, -0.05) is 33.8 Å². The summed E-state index contributed by atoms with van der Waals surface area (Å²) in [6.45, 7) is 7.92. The Balaban J connectivity index is 2.82. The van der Waals surface area contributed by atoms with E-state index in [-0.39, 0.29) is 11.5 Å². The zero-order valence-corrected chi connectivity index (χ0v) is 11.9. The molecule has 1 amide bonds. The molecule has 0 aliphatic rings. The number of nitrogens with one attached hydrogen (secondary N) is 1. The summed E-state index contributed by atoms with van der Waals surface area (Å²) in [5.74, 6) is -0.674.